The van der Waals surface area contributed by atoms with Gasteiger partial charge in [-0.05, 0) is 60.9 Å². The van der Waals surface area contributed by atoms with E-state index in [2.05, 4.69) is 39.6 Å². The Morgan fingerprint density at radius 3 is 2.71 bits per heavy atom. The molecule has 1 fully saturated rings. The third kappa shape index (κ3) is 2.74. The van der Waals surface area contributed by atoms with Gasteiger partial charge in [-0.25, -0.2) is 0 Å². The topological polar surface area (TPSA) is 43.8 Å². The van der Waals surface area contributed by atoms with E-state index in [4.69, 9.17) is 5.73 Å². The van der Waals surface area contributed by atoms with Gasteiger partial charge in [0, 0.05) is 12.6 Å². The quantitative estimate of drug-likeness (QED) is 0.929. The third-order valence-corrected chi connectivity index (χ3v) is 4.67. The summed E-state index contributed by atoms with van der Waals surface area (Å²) in [5.41, 5.74) is 8.53. The van der Waals surface area contributed by atoms with Crippen LogP contribution in [-0.2, 0) is 19.4 Å². The molecule has 2 rings (SSSR count). The van der Waals surface area contributed by atoms with E-state index in [1.54, 1.807) is 0 Å². The van der Waals surface area contributed by atoms with E-state index in [9.17, 15) is 0 Å². The molecule has 1 aromatic heterocycles. The molecule has 4 heteroatoms. The Kier molecular flexibility index (Phi) is 4.26. The van der Waals surface area contributed by atoms with Crippen LogP contribution in [0.3, 0.4) is 0 Å². The van der Waals surface area contributed by atoms with Gasteiger partial charge in [0.15, 0.2) is 0 Å². The second-order valence-electron chi connectivity index (χ2n) is 5.02. The van der Waals surface area contributed by atoms with Gasteiger partial charge in [-0.15, -0.1) is 0 Å². The number of hydrogen-bond donors (Lipinski definition) is 1. The zero-order chi connectivity index (χ0) is 12.4. The lowest BCUT2D eigenvalue weighted by Gasteiger charge is -2.11. The molecular weight excluding hydrogens is 278 g/mol. The molecule has 2 N–H and O–H groups in total. The lowest BCUT2D eigenvalue weighted by Crippen LogP contribution is -2.16. The number of nitrogens with zero attached hydrogens (tertiary/aromatic N) is 2. The molecule has 96 valence electrons. The van der Waals surface area contributed by atoms with Crippen LogP contribution in [0.15, 0.2) is 4.47 Å². The van der Waals surface area contributed by atoms with Gasteiger partial charge in [-0.1, -0.05) is 6.92 Å². The van der Waals surface area contributed by atoms with E-state index in [0.29, 0.717) is 6.04 Å². The van der Waals surface area contributed by atoms with Crippen LogP contribution in [-0.4, -0.2) is 15.8 Å². The summed E-state index contributed by atoms with van der Waals surface area (Å²) >= 11 is 3.71. The first kappa shape index (κ1) is 13.1. The van der Waals surface area contributed by atoms with Crippen LogP contribution in [0.1, 0.15) is 44.5 Å². The zero-order valence-corrected chi connectivity index (χ0v) is 12.3. The van der Waals surface area contributed by atoms with Gasteiger partial charge in [0.05, 0.1) is 15.9 Å². The molecule has 0 spiro atoms. The average molecular weight is 300 g/mol. The second-order valence-corrected chi connectivity index (χ2v) is 5.81. The summed E-state index contributed by atoms with van der Waals surface area (Å²) in [6.45, 7) is 5.26. The van der Waals surface area contributed by atoms with Crippen molar-refractivity contribution in [1.82, 2.24) is 9.78 Å². The maximum Gasteiger partial charge on any atom is 0.0766 e. The standard InChI is InChI=1S/C13H22BrN3/c1-3-11-13(14)12(17(4-2)16-11)8-9-5-6-10(15)7-9/h9-10H,3-8,15H2,1-2H3. The highest BCUT2D eigenvalue weighted by molar-refractivity contribution is 9.10. The summed E-state index contributed by atoms with van der Waals surface area (Å²) in [5.74, 6) is 0.744. The number of nitrogens with two attached hydrogens (primary N) is 1. The molecule has 0 bridgehead atoms. The molecule has 1 saturated carbocycles. The fraction of sp³-hybridized carbons (Fsp3) is 0.769. The van der Waals surface area contributed by atoms with Crippen molar-refractivity contribution < 1.29 is 0 Å². The maximum atomic E-state index is 5.98. The number of halogens is 1. The molecular formula is C13H22BrN3. The third-order valence-electron chi connectivity index (χ3n) is 3.76. The summed E-state index contributed by atoms with van der Waals surface area (Å²) in [6.07, 6.45) is 5.73. The lowest BCUT2D eigenvalue weighted by molar-refractivity contribution is 0.499. The van der Waals surface area contributed by atoms with Crippen LogP contribution in [0, 0.1) is 5.92 Å². The van der Waals surface area contributed by atoms with Crippen molar-refractivity contribution in [3.63, 3.8) is 0 Å². The number of hydrogen-bond acceptors (Lipinski definition) is 2. The monoisotopic (exact) mass is 299 g/mol. The van der Waals surface area contributed by atoms with E-state index in [-0.39, 0.29) is 0 Å². The Labute approximate surface area is 112 Å². The molecule has 17 heavy (non-hydrogen) atoms. The van der Waals surface area contributed by atoms with Gasteiger partial charge in [-0.2, -0.15) is 5.10 Å². The van der Waals surface area contributed by atoms with Crippen molar-refractivity contribution in [2.45, 2.75) is 58.5 Å². The minimum absolute atomic E-state index is 0.419. The Balaban J connectivity index is 2.16. The van der Waals surface area contributed by atoms with Crippen molar-refractivity contribution >= 4 is 15.9 Å². The summed E-state index contributed by atoms with van der Waals surface area (Å²) in [5, 5.41) is 4.65. The Morgan fingerprint density at radius 1 is 1.41 bits per heavy atom. The molecule has 0 amide bonds. The molecule has 0 radical (unpaired) electrons. The van der Waals surface area contributed by atoms with Crippen molar-refractivity contribution in [2.75, 3.05) is 0 Å². The minimum atomic E-state index is 0.419. The summed E-state index contributed by atoms with van der Waals surface area (Å²) < 4.78 is 3.37. The Hall–Kier alpha value is -0.350. The van der Waals surface area contributed by atoms with Gasteiger partial charge in [0.1, 0.15) is 0 Å². The van der Waals surface area contributed by atoms with Crippen LogP contribution < -0.4 is 5.73 Å². The maximum absolute atomic E-state index is 5.98. The first-order valence-corrected chi connectivity index (χ1v) is 7.44. The van der Waals surface area contributed by atoms with E-state index in [1.165, 1.54) is 35.1 Å². The van der Waals surface area contributed by atoms with E-state index >= 15 is 0 Å². The van der Waals surface area contributed by atoms with Gasteiger partial charge in [0.25, 0.3) is 0 Å². The van der Waals surface area contributed by atoms with Crippen molar-refractivity contribution in [2.24, 2.45) is 11.7 Å². The average Bonchev–Trinajstić information content (AvgIpc) is 2.85. The smallest absolute Gasteiger partial charge is 0.0766 e. The van der Waals surface area contributed by atoms with E-state index in [0.717, 1.165) is 25.3 Å². The lowest BCUT2D eigenvalue weighted by atomic mass is 10.0. The molecule has 1 aliphatic carbocycles. The van der Waals surface area contributed by atoms with E-state index < -0.39 is 0 Å². The van der Waals surface area contributed by atoms with Gasteiger partial charge >= 0.3 is 0 Å². The molecule has 2 atom stereocenters. The van der Waals surface area contributed by atoms with Gasteiger partial charge in [-0.3, -0.25) is 4.68 Å². The zero-order valence-electron chi connectivity index (χ0n) is 10.7. The molecule has 0 aliphatic heterocycles. The van der Waals surface area contributed by atoms with Crippen LogP contribution >= 0.6 is 15.9 Å². The van der Waals surface area contributed by atoms with E-state index in [1.807, 2.05) is 0 Å². The highest BCUT2D eigenvalue weighted by atomic mass is 79.9. The largest absolute Gasteiger partial charge is 0.328 e. The number of rotatable bonds is 4. The number of aryl methyl sites for hydroxylation is 2. The molecule has 3 nitrogen and oxygen atoms in total. The number of aromatic nitrogens is 2. The highest BCUT2D eigenvalue weighted by Crippen LogP contribution is 2.31. The fourth-order valence-electron chi connectivity index (χ4n) is 2.78. The normalized spacial score (nSPS) is 24.5. The predicted octanol–water partition coefficient (Wildman–Crippen LogP) is 2.90. The van der Waals surface area contributed by atoms with Crippen LogP contribution in [0.2, 0.25) is 0 Å². The van der Waals surface area contributed by atoms with Crippen molar-refractivity contribution in [1.29, 1.82) is 0 Å². The molecule has 1 aliphatic rings. The molecule has 0 aromatic carbocycles. The first-order valence-electron chi connectivity index (χ1n) is 6.65. The first-order chi connectivity index (χ1) is 8.15. The second kappa shape index (κ2) is 5.53. The van der Waals surface area contributed by atoms with Crippen molar-refractivity contribution in [3.05, 3.63) is 15.9 Å². The summed E-state index contributed by atoms with van der Waals surface area (Å²) in [7, 11) is 0. The van der Waals surface area contributed by atoms with Crippen molar-refractivity contribution in [3.8, 4) is 0 Å². The Bertz CT molecular complexity index is 386. The van der Waals surface area contributed by atoms with Gasteiger partial charge < -0.3 is 5.73 Å². The molecule has 1 aromatic rings. The molecule has 1 heterocycles. The van der Waals surface area contributed by atoms with Gasteiger partial charge in [0.2, 0.25) is 0 Å². The summed E-state index contributed by atoms with van der Waals surface area (Å²) in [4.78, 5) is 0. The van der Waals surface area contributed by atoms with Crippen LogP contribution in [0.25, 0.3) is 0 Å². The fourth-order valence-corrected chi connectivity index (χ4v) is 3.51. The SMILES string of the molecule is CCc1nn(CC)c(CC2CCC(N)C2)c1Br. The van der Waals surface area contributed by atoms with Crippen LogP contribution in [0.4, 0.5) is 0 Å². The summed E-state index contributed by atoms with van der Waals surface area (Å²) in [6, 6.07) is 0.419. The highest BCUT2D eigenvalue weighted by Gasteiger charge is 2.25. The van der Waals surface area contributed by atoms with Crippen LogP contribution in [0.5, 0.6) is 0 Å². The minimum Gasteiger partial charge on any atom is -0.328 e. The molecule has 2 unspecified atom stereocenters. The predicted molar refractivity (Wildman–Crippen MR) is 74.0 cm³/mol. The molecule has 0 saturated heterocycles. The Morgan fingerprint density at radius 2 is 2.18 bits per heavy atom.